The summed E-state index contributed by atoms with van der Waals surface area (Å²) in [7, 11) is 0. The van der Waals surface area contributed by atoms with Gasteiger partial charge in [0.05, 0.1) is 5.69 Å². The molecule has 0 bridgehead atoms. The second-order valence-corrected chi connectivity index (χ2v) is 8.29. The summed E-state index contributed by atoms with van der Waals surface area (Å²) in [5.74, 6) is 0. The van der Waals surface area contributed by atoms with E-state index >= 15 is 0 Å². The molecular formula is C27H37N5. The van der Waals surface area contributed by atoms with Gasteiger partial charge in [-0.2, -0.15) is 0 Å². The van der Waals surface area contributed by atoms with E-state index in [1.54, 1.807) is 0 Å². The molecule has 1 aliphatic rings. The zero-order valence-corrected chi connectivity index (χ0v) is 19.3. The van der Waals surface area contributed by atoms with E-state index in [9.17, 15) is 0 Å². The SMILES string of the molecule is C\C1=C(CNCCN(CNCc2ccccn2)Cc2ccc(CN)cc2)/C=C\C=C/CC1. The number of aromatic nitrogens is 1. The van der Waals surface area contributed by atoms with Gasteiger partial charge < -0.3 is 11.1 Å². The predicted molar refractivity (Wildman–Crippen MR) is 134 cm³/mol. The third-order valence-electron chi connectivity index (χ3n) is 5.73. The van der Waals surface area contributed by atoms with Crippen LogP contribution < -0.4 is 16.4 Å². The minimum absolute atomic E-state index is 0.582. The standard InChI is InChI=1S/C27H37N5/c1-23-8-4-2-3-5-9-26(23)19-29-16-17-32(21-25-13-11-24(18-28)12-14-25)22-30-20-27-10-6-7-15-31-27/h2-3,5-7,9-15,29-30H,4,8,16-22,28H2,1H3/b3-2-,9-5-,26-23-. The molecule has 0 radical (unpaired) electrons. The lowest BCUT2D eigenvalue weighted by Crippen LogP contribution is -2.38. The Hall–Kier alpha value is -2.57. The van der Waals surface area contributed by atoms with Crippen LogP contribution >= 0.6 is 0 Å². The van der Waals surface area contributed by atoms with Crippen molar-refractivity contribution >= 4 is 0 Å². The summed E-state index contributed by atoms with van der Waals surface area (Å²) in [6, 6.07) is 14.6. The molecule has 0 aliphatic heterocycles. The minimum atomic E-state index is 0.582. The molecule has 32 heavy (non-hydrogen) atoms. The van der Waals surface area contributed by atoms with E-state index in [1.807, 2.05) is 18.3 Å². The number of hydrogen-bond acceptors (Lipinski definition) is 5. The third kappa shape index (κ3) is 8.52. The van der Waals surface area contributed by atoms with Crippen molar-refractivity contribution in [2.45, 2.75) is 39.4 Å². The Kier molecular flexibility index (Phi) is 10.4. The van der Waals surface area contributed by atoms with Gasteiger partial charge in [-0.1, -0.05) is 60.2 Å². The van der Waals surface area contributed by atoms with Crippen molar-refractivity contribution in [1.82, 2.24) is 20.5 Å². The molecule has 0 unspecified atom stereocenters. The van der Waals surface area contributed by atoms with Crippen LogP contribution in [0.1, 0.15) is 36.6 Å². The van der Waals surface area contributed by atoms with Crippen molar-refractivity contribution in [3.05, 3.63) is 101 Å². The van der Waals surface area contributed by atoms with E-state index in [0.717, 1.165) is 57.9 Å². The van der Waals surface area contributed by atoms with Crippen LogP contribution in [-0.4, -0.2) is 36.2 Å². The molecule has 3 rings (SSSR count). The van der Waals surface area contributed by atoms with Gasteiger partial charge in [0.15, 0.2) is 0 Å². The zero-order valence-electron chi connectivity index (χ0n) is 19.3. The van der Waals surface area contributed by atoms with E-state index in [2.05, 4.69) is 82.1 Å². The van der Waals surface area contributed by atoms with Crippen LogP contribution in [0.3, 0.4) is 0 Å². The van der Waals surface area contributed by atoms with Crippen molar-refractivity contribution in [2.24, 2.45) is 5.73 Å². The number of hydrogen-bond donors (Lipinski definition) is 3. The molecule has 1 aliphatic carbocycles. The van der Waals surface area contributed by atoms with Gasteiger partial charge in [-0.15, -0.1) is 0 Å². The van der Waals surface area contributed by atoms with Crippen molar-refractivity contribution in [3.8, 4) is 0 Å². The van der Waals surface area contributed by atoms with Crippen LogP contribution in [0.2, 0.25) is 0 Å². The third-order valence-corrected chi connectivity index (χ3v) is 5.73. The molecule has 0 amide bonds. The number of benzene rings is 1. The van der Waals surface area contributed by atoms with Crippen molar-refractivity contribution in [2.75, 3.05) is 26.3 Å². The lowest BCUT2D eigenvalue weighted by molar-refractivity contribution is 0.244. The summed E-state index contributed by atoms with van der Waals surface area (Å²) < 4.78 is 0. The second kappa shape index (κ2) is 13.8. The fraction of sp³-hybridized carbons (Fsp3) is 0.370. The lowest BCUT2D eigenvalue weighted by atomic mass is 10.0. The summed E-state index contributed by atoms with van der Waals surface area (Å²) in [4.78, 5) is 6.84. The van der Waals surface area contributed by atoms with Gasteiger partial charge in [-0.25, -0.2) is 0 Å². The Bertz CT molecular complexity index is 884. The maximum absolute atomic E-state index is 5.75. The van der Waals surface area contributed by atoms with Gasteiger partial charge in [0.1, 0.15) is 0 Å². The molecule has 0 saturated carbocycles. The Morgan fingerprint density at radius 2 is 1.84 bits per heavy atom. The average Bonchev–Trinajstić information content (AvgIpc) is 2.81. The van der Waals surface area contributed by atoms with Gasteiger partial charge in [0.25, 0.3) is 0 Å². The van der Waals surface area contributed by atoms with Gasteiger partial charge in [0, 0.05) is 52.1 Å². The Labute approximate surface area is 193 Å². The highest BCUT2D eigenvalue weighted by atomic mass is 15.2. The molecule has 0 fully saturated rings. The van der Waals surface area contributed by atoms with Crippen LogP contribution in [0.25, 0.3) is 0 Å². The van der Waals surface area contributed by atoms with E-state index < -0.39 is 0 Å². The van der Waals surface area contributed by atoms with E-state index in [-0.39, 0.29) is 0 Å². The van der Waals surface area contributed by atoms with E-state index in [1.165, 1.54) is 22.3 Å². The first-order chi connectivity index (χ1) is 15.7. The lowest BCUT2D eigenvalue weighted by Gasteiger charge is -2.23. The first-order valence-corrected chi connectivity index (χ1v) is 11.6. The summed E-state index contributed by atoms with van der Waals surface area (Å²) in [6.07, 6.45) is 12.9. The summed E-state index contributed by atoms with van der Waals surface area (Å²) in [5, 5.41) is 7.19. The maximum Gasteiger partial charge on any atom is 0.0542 e. The smallest absolute Gasteiger partial charge is 0.0542 e. The molecule has 0 saturated heterocycles. The number of allylic oxidation sites excluding steroid dienone is 4. The monoisotopic (exact) mass is 431 g/mol. The van der Waals surface area contributed by atoms with Gasteiger partial charge >= 0.3 is 0 Å². The quantitative estimate of drug-likeness (QED) is 0.351. The summed E-state index contributed by atoms with van der Waals surface area (Å²) in [5.41, 5.74) is 12.2. The van der Waals surface area contributed by atoms with Crippen molar-refractivity contribution < 1.29 is 0 Å². The highest BCUT2D eigenvalue weighted by molar-refractivity contribution is 5.30. The Morgan fingerprint density at radius 3 is 2.62 bits per heavy atom. The van der Waals surface area contributed by atoms with Crippen LogP contribution in [0, 0.1) is 0 Å². The Morgan fingerprint density at radius 1 is 1.00 bits per heavy atom. The molecule has 0 spiro atoms. The minimum Gasteiger partial charge on any atom is -0.326 e. The van der Waals surface area contributed by atoms with Crippen LogP contribution in [0.5, 0.6) is 0 Å². The van der Waals surface area contributed by atoms with E-state index in [0.29, 0.717) is 6.54 Å². The Balaban J connectivity index is 1.52. The highest BCUT2D eigenvalue weighted by Gasteiger charge is 2.07. The van der Waals surface area contributed by atoms with Crippen molar-refractivity contribution in [1.29, 1.82) is 0 Å². The number of nitrogens with one attached hydrogen (secondary N) is 2. The largest absolute Gasteiger partial charge is 0.326 e. The molecular weight excluding hydrogens is 394 g/mol. The van der Waals surface area contributed by atoms with Gasteiger partial charge in [0.2, 0.25) is 0 Å². The fourth-order valence-electron chi connectivity index (χ4n) is 3.72. The number of pyridine rings is 1. The molecule has 1 heterocycles. The van der Waals surface area contributed by atoms with Crippen LogP contribution in [0.15, 0.2) is 84.1 Å². The summed E-state index contributed by atoms with van der Waals surface area (Å²) in [6.45, 7) is 8.12. The molecule has 4 N–H and O–H groups in total. The number of nitrogens with zero attached hydrogens (tertiary/aromatic N) is 2. The van der Waals surface area contributed by atoms with Gasteiger partial charge in [-0.3, -0.25) is 15.2 Å². The first kappa shape index (κ1) is 24.1. The van der Waals surface area contributed by atoms with E-state index in [4.69, 9.17) is 5.73 Å². The molecule has 0 atom stereocenters. The fourth-order valence-corrected chi connectivity index (χ4v) is 3.72. The topological polar surface area (TPSA) is 66.2 Å². The molecule has 2 aromatic rings. The number of rotatable bonds is 12. The second-order valence-electron chi connectivity index (χ2n) is 8.29. The normalized spacial score (nSPS) is 18.3. The maximum atomic E-state index is 5.75. The van der Waals surface area contributed by atoms with Crippen molar-refractivity contribution in [3.63, 3.8) is 0 Å². The van der Waals surface area contributed by atoms with Crippen LogP contribution in [-0.2, 0) is 19.6 Å². The molecule has 5 heteroatoms. The molecule has 1 aromatic carbocycles. The highest BCUT2D eigenvalue weighted by Crippen LogP contribution is 2.14. The predicted octanol–water partition coefficient (Wildman–Crippen LogP) is 3.90. The molecule has 5 nitrogen and oxygen atoms in total. The van der Waals surface area contributed by atoms with Crippen LogP contribution in [0.4, 0.5) is 0 Å². The zero-order chi connectivity index (χ0) is 22.4. The van der Waals surface area contributed by atoms with Gasteiger partial charge in [-0.05, 0) is 48.6 Å². The molecule has 1 aromatic heterocycles. The average molecular weight is 432 g/mol. The number of nitrogens with two attached hydrogens (primary N) is 1. The first-order valence-electron chi connectivity index (χ1n) is 11.6. The summed E-state index contributed by atoms with van der Waals surface area (Å²) >= 11 is 0. The molecule has 170 valence electrons.